The average Bonchev–Trinajstić information content (AvgIpc) is 3.07. The van der Waals surface area contributed by atoms with Gasteiger partial charge in [0.25, 0.3) is 0 Å². The molecule has 18 heavy (non-hydrogen) atoms. The van der Waals surface area contributed by atoms with Crippen LogP contribution in [0.3, 0.4) is 0 Å². The van der Waals surface area contributed by atoms with Gasteiger partial charge in [0.1, 0.15) is 12.6 Å². The third-order valence-electron chi connectivity index (χ3n) is 3.35. The number of carbonyl (C=O) groups is 4. The Labute approximate surface area is 103 Å². The van der Waals surface area contributed by atoms with Crippen molar-refractivity contribution in [3.8, 4) is 0 Å². The van der Waals surface area contributed by atoms with E-state index < -0.39 is 41.6 Å². The molecule has 3 amide bonds. The summed E-state index contributed by atoms with van der Waals surface area (Å²) in [5, 5.41) is 11.0. The second-order valence-electron chi connectivity index (χ2n) is 4.59. The van der Waals surface area contributed by atoms with Crippen LogP contribution in [0.2, 0.25) is 0 Å². The van der Waals surface area contributed by atoms with Crippen LogP contribution in [-0.4, -0.2) is 46.3 Å². The predicted octanol–water partition coefficient (Wildman–Crippen LogP) is -1.03. The molecule has 1 aliphatic heterocycles. The molecule has 7 nitrogen and oxygen atoms in total. The third kappa shape index (κ3) is 2.07. The van der Waals surface area contributed by atoms with Crippen LogP contribution in [0.15, 0.2) is 0 Å². The first-order valence-electron chi connectivity index (χ1n) is 5.82. The highest BCUT2D eigenvalue weighted by atomic mass is 16.4. The van der Waals surface area contributed by atoms with Crippen LogP contribution in [-0.2, 0) is 19.2 Å². The fourth-order valence-electron chi connectivity index (χ4n) is 2.26. The number of imide groups is 1. The number of piperazine rings is 1. The fourth-order valence-corrected chi connectivity index (χ4v) is 2.26. The SMILES string of the molecule is CCC1C(=O)NC(=O)CN1C(=O)C1CC1C(=O)O. The molecule has 3 atom stereocenters. The second-order valence-corrected chi connectivity index (χ2v) is 4.59. The van der Waals surface area contributed by atoms with Gasteiger partial charge in [0, 0.05) is 0 Å². The Hall–Kier alpha value is -1.92. The number of carboxylic acids is 1. The van der Waals surface area contributed by atoms with E-state index in [0.717, 1.165) is 0 Å². The van der Waals surface area contributed by atoms with Crippen molar-refractivity contribution >= 4 is 23.7 Å². The summed E-state index contributed by atoms with van der Waals surface area (Å²) < 4.78 is 0. The summed E-state index contributed by atoms with van der Waals surface area (Å²) in [6.07, 6.45) is 0.687. The molecule has 2 aliphatic rings. The van der Waals surface area contributed by atoms with Crippen molar-refractivity contribution in [2.45, 2.75) is 25.8 Å². The molecular weight excluding hydrogens is 240 g/mol. The zero-order chi connectivity index (χ0) is 13.4. The van der Waals surface area contributed by atoms with E-state index in [1.54, 1.807) is 6.92 Å². The lowest BCUT2D eigenvalue weighted by Crippen LogP contribution is -2.60. The molecule has 2 N–H and O–H groups in total. The second kappa shape index (κ2) is 4.40. The van der Waals surface area contributed by atoms with Crippen molar-refractivity contribution in [2.75, 3.05) is 6.54 Å². The minimum Gasteiger partial charge on any atom is -0.481 e. The van der Waals surface area contributed by atoms with E-state index in [2.05, 4.69) is 5.32 Å². The van der Waals surface area contributed by atoms with Gasteiger partial charge in [0.05, 0.1) is 11.8 Å². The van der Waals surface area contributed by atoms with Gasteiger partial charge >= 0.3 is 5.97 Å². The van der Waals surface area contributed by atoms with Crippen molar-refractivity contribution in [1.29, 1.82) is 0 Å². The summed E-state index contributed by atoms with van der Waals surface area (Å²) in [5.74, 6) is -3.68. The highest BCUT2D eigenvalue weighted by Gasteiger charge is 2.52. The minimum atomic E-state index is -1.01. The van der Waals surface area contributed by atoms with Crippen molar-refractivity contribution < 1.29 is 24.3 Å². The number of carbonyl (C=O) groups excluding carboxylic acids is 3. The lowest BCUT2D eigenvalue weighted by atomic mass is 10.1. The number of nitrogens with zero attached hydrogens (tertiary/aromatic N) is 1. The standard InChI is InChI=1S/C11H14N2O5/c1-2-7-9(15)12-8(14)4-13(7)10(16)5-3-6(5)11(17)18/h5-7H,2-4H2,1H3,(H,17,18)(H,12,14,15). The van der Waals surface area contributed by atoms with Crippen LogP contribution in [0.1, 0.15) is 19.8 Å². The molecule has 2 rings (SSSR count). The zero-order valence-electron chi connectivity index (χ0n) is 9.88. The van der Waals surface area contributed by atoms with E-state index in [0.29, 0.717) is 6.42 Å². The molecule has 0 radical (unpaired) electrons. The molecule has 0 bridgehead atoms. The molecule has 98 valence electrons. The lowest BCUT2D eigenvalue weighted by Gasteiger charge is -2.33. The van der Waals surface area contributed by atoms with Crippen LogP contribution in [0.5, 0.6) is 0 Å². The van der Waals surface area contributed by atoms with Crippen LogP contribution >= 0.6 is 0 Å². The van der Waals surface area contributed by atoms with Crippen molar-refractivity contribution in [1.82, 2.24) is 10.2 Å². The van der Waals surface area contributed by atoms with Gasteiger partial charge in [-0.1, -0.05) is 6.92 Å². The number of hydrogen-bond donors (Lipinski definition) is 2. The molecule has 7 heteroatoms. The number of rotatable bonds is 3. The van der Waals surface area contributed by atoms with Crippen molar-refractivity contribution in [3.63, 3.8) is 0 Å². The van der Waals surface area contributed by atoms with Gasteiger partial charge in [-0.3, -0.25) is 24.5 Å². The lowest BCUT2D eigenvalue weighted by molar-refractivity contribution is -0.151. The van der Waals surface area contributed by atoms with Crippen LogP contribution in [0.25, 0.3) is 0 Å². The minimum absolute atomic E-state index is 0.175. The molecule has 0 aromatic heterocycles. The molecule has 3 unspecified atom stereocenters. The summed E-state index contributed by atoms with van der Waals surface area (Å²) in [6, 6.07) is -0.676. The third-order valence-corrected chi connectivity index (χ3v) is 3.35. The molecule has 0 aromatic rings. The van der Waals surface area contributed by atoms with Gasteiger partial charge in [0.15, 0.2) is 0 Å². The van der Waals surface area contributed by atoms with E-state index in [-0.39, 0.29) is 13.0 Å². The molecule has 1 saturated carbocycles. The van der Waals surface area contributed by atoms with E-state index in [1.807, 2.05) is 0 Å². The van der Waals surface area contributed by atoms with Gasteiger partial charge in [-0.2, -0.15) is 0 Å². The predicted molar refractivity (Wildman–Crippen MR) is 58.2 cm³/mol. The van der Waals surface area contributed by atoms with E-state index in [9.17, 15) is 19.2 Å². The molecule has 0 spiro atoms. The summed E-state index contributed by atoms with van der Waals surface area (Å²) in [6.45, 7) is 1.56. The molecule has 2 fully saturated rings. The molecule has 1 heterocycles. The first-order chi connectivity index (χ1) is 8.45. The summed E-state index contributed by atoms with van der Waals surface area (Å²) in [4.78, 5) is 46.8. The van der Waals surface area contributed by atoms with Crippen molar-refractivity contribution in [2.24, 2.45) is 11.8 Å². The van der Waals surface area contributed by atoms with E-state index >= 15 is 0 Å². The largest absolute Gasteiger partial charge is 0.481 e. The Morgan fingerprint density at radius 2 is 2.06 bits per heavy atom. The maximum absolute atomic E-state index is 12.1. The fraction of sp³-hybridized carbons (Fsp3) is 0.636. The smallest absolute Gasteiger partial charge is 0.307 e. The molecular formula is C11H14N2O5. The number of amides is 3. The van der Waals surface area contributed by atoms with Crippen LogP contribution in [0, 0.1) is 11.8 Å². The quantitative estimate of drug-likeness (QED) is 0.627. The highest BCUT2D eigenvalue weighted by molar-refractivity contribution is 6.05. The Morgan fingerprint density at radius 3 is 2.56 bits per heavy atom. The number of nitrogens with one attached hydrogen (secondary N) is 1. The first-order valence-corrected chi connectivity index (χ1v) is 5.82. The average molecular weight is 254 g/mol. The normalized spacial score (nSPS) is 30.9. The van der Waals surface area contributed by atoms with Gasteiger partial charge in [-0.05, 0) is 12.8 Å². The van der Waals surface area contributed by atoms with E-state index in [1.165, 1.54) is 4.90 Å². The van der Waals surface area contributed by atoms with Gasteiger partial charge in [-0.25, -0.2) is 0 Å². The zero-order valence-corrected chi connectivity index (χ0v) is 9.88. The summed E-state index contributed by atoms with van der Waals surface area (Å²) in [7, 11) is 0. The maximum Gasteiger partial charge on any atom is 0.307 e. The summed E-state index contributed by atoms with van der Waals surface area (Å²) in [5.41, 5.74) is 0. The first kappa shape index (κ1) is 12.5. The topological polar surface area (TPSA) is 104 Å². The van der Waals surface area contributed by atoms with Crippen molar-refractivity contribution in [3.05, 3.63) is 0 Å². The Balaban J connectivity index is 2.10. The van der Waals surface area contributed by atoms with E-state index in [4.69, 9.17) is 5.11 Å². The maximum atomic E-state index is 12.1. The Bertz CT molecular complexity index is 433. The highest BCUT2D eigenvalue weighted by Crippen LogP contribution is 2.40. The number of hydrogen-bond acceptors (Lipinski definition) is 4. The molecule has 1 saturated heterocycles. The van der Waals surface area contributed by atoms with Gasteiger partial charge in [0.2, 0.25) is 17.7 Å². The van der Waals surface area contributed by atoms with Crippen LogP contribution < -0.4 is 5.32 Å². The monoisotopic (exact) mass is 254 g/mol. The molecule has 1 aliphatic carbocycles. The summed E-state index contributed by atoms with van der Waals surface area (Å²) >= 11 is 0. The van der Waals surface area contributed by atoms with Gasteiger partial charge < -0.3 is 10.0 Å². The van der Waals surface area contributed by atoms with Gasteiger partial charge in [-0.15, -0.1) is 0 Å². The van der Waals surface area contributed by atoms with Crippen LogP contribution in [0.4, 0.5) is 0 Å². The Kier molecular flexibility index (Phi) is 3.06. The Morgan fingerprint density at radius 1 is 1.39 bits per heavy atom. The number of aliphatic carboxylic acids is 1. The number of carboxylic acid groups (broad SMARTS) is 1. The molecule has 0 aromatic carbocycles.